The zero-order valence-electron chi connectivity index (χ0n) is 12.1. The smallest absolute Gasteiger partial charge is 0.238 e. The van der Waals surface area contributed by atoms with Gasteiger partial charge in [-0.3, -0.25) is 9.78 Å². The minimum absolute atomic E-state index is 0.0695. The highest BCUT2D eigenvalue weighted by Crippen LogP contribution is 2.17. The number of sulfonamides is 1. The van der Waals surface area contributed by atoms with E-state index in [2.05, 4.69) is 4.98 Å². The molecule has 8 heteroatoms. The molecule has 1 aliphatic rings. The van der Waals surface area contributed by atoms with Gasteiger partial charge in [0.1, 0.15) is 11.9 Å². The fourth-order valence-electron chi connectivity index (χ4n) is 2.07. The van der Waals surface area contributed by atoms with Gasteiger partial charge in [0.2, 0.25) is 15.9 Å². The molecule has 1 atom stereocenters. The van der Waals surface area contributed by atoms with Crippen molar-refractivity contribution < 1.29 is 17.9 Å². The lowest BCUT2D eigenvalue weighted by atomic mass is 10.3. The van der Waals surface area contributed by atoms with E-state index in [0.717, 1.165) is 22.7 Å². The molecule has 21 heavy (non-hydrogen) atoms. The van der Waals surface area contributed by atoms with Crippen LogP contribution in [0.4, 0.5) is 0 Å². The first kappa shape index (κ1) is 15.7. The second kappa shape index (κ2) is 6.40. The molecule has 7 nitrogen and oxygen atoms in total. The Labute approximate surface area is 124 Å². The van der Waals surface area contributed by atoms with Crippen LogP contribution in [0.5, 0.6) is 5.75 Å². The number of likely N-dealkylation sites (N-methyl/N-ethyl adjacent to an activating group) is 1. The highest BCUT2D eigenvalue weighted by Gasteiger charge is 2.29. The Morgan fingerprint density at radius 3 is 2.76 bits per heavy atom. The summed E-state index contributed by atoms with van der Waals surface area (Å²) in [6, 6.07) is 3.53. The fourth-order valence-corrected chi connectivity index (χ4v) is 2.41. The zero-order chi connectivity index (χ0) is 15.5. The number of carbonyl (C=O) groups excluding carboxylic acids is 1. The Morgan fingerprint density at radius 1 is 1.48 bits per heavy atom. The molecule has 0 aromatic carbocycles. The minimum atomic E-state index is -3.34. The van der Waals surface area contributed by atoms with Gasteiger partial charge >= 0.3 is 0 Å². The molecule has 1 amide bonds. The molecule has 1 aromatic heterocycles. The Kier molecular flexibility index (Phi) is 4.79. The van der Waals surface area contributed by atoms with E-state index in [4.69, 9.17) is 4.74 Å². The van der Waals surface area contributed by atoms with Crippen molar-refractivity contribution in [2.45, 2.75) is 12.5 Å². The summed E-state index contributed by atoms with van der Waals surface area (Å²) in [6.07, 6.45) is 5.04. The highest BCUT2D eigenvalue weighted by atomic mass is 32.2. The number of pyridine rings is 1. The number of carbonyl (C=O) groups is 1. The van der Waals surface area contributed by atoms with Gasteiger partial charge in [0.05, 0.1) is 19.3 Å². The first-order chi connectivity index (χ1) is 9.86. The maximum atomic E-state index is 12.1. The van der Waals surface area contributed by atoms with Crippen molar-refractivity contribution in [1.82, 2.24) is 14.2 Å². The van der Waals surface area contributed by atoms with Gasteiger partial charge in [-0.1, -0.05) is 0 Å². The topological polar surface area (TPSA) is 79.8 Å². The van der Waals surface area contributed by atoms with Gasteiger partial charge < -0.3 is 9.64 Å². The van der Waals surface area contributed by atoms with Crippen LogP contribution in [0.3, 0.4) is 0 Å². The highest BCUT2D eigenvalue weighted by molar-refractivity contribution is 7.88. The molecule has 1 aliphatic heterocycles. The lowest BCUT2D eigenvalue weighted by Gasteiger charge is -2.20. The van der Waals surface area contributed by atoms with Crippen molar-refractivity contribution in [2.24, 2.45) is 0 Å². The molecule has 0 spiro atoms. The number of ether oxygens (including phenoxy) is 1. The molecule has 0 bridgehead atoms. The van der Waals surface area contributed by atoms with Crippen molar-refractivity contribution in [3.63, 3.8) is 0 Å². The van der Waals surface area contributed by atoms with Gasteiger partial charge in [0.15, 0.2) is 0 Å². The summed E-state index contributed by atoms with van der Waals surface area (Å²) in [5.41, 5.74) is 0. The zero-order valence-corrected chi connectivity index (χ0v) is 12.9. The Hall–Kier alpha value is -1.67. The normalized spacial score (nSPS) is 19.0. The van der Waals surface area contributed by atoms with Crippen LogP contribution in [0, 0.1) is 0 Å². The molecule has 0 saturated carbocycles. The molecule has 2 heterocycles. The Morgan fingerprint density at radius 2 is 2.14 bits per heavy atom. The minimum Gasteiger partial charge on any atom is -0.488 e. The number of likely N-dealkylation sites (tertiary alicyclic amines) is 1. The SMILES string of the molecule is CN(CC(=O)N1CC[C@@H](Oc2ccncc2)C1)S(C)(=O)=O. The first-order valence-corrected chi connectivity index (χ1v) is 8.47. The van der Waals surface area contributed by atoms with Gasteiger partial charge in [-0.25, -0.2) is 8.42 Å². The van der Waals surface area contributed by atoms with Gasteiger partial charge in [0.25, 0.3) is 0 Å². The molecule has 0 aliphatic carbocycles. The van der Waals surface area contributed by atoms with E-state index >= 15 is 0 Å². The van der Waals surface area contributed by atoms with E-state index in [0.29, 0.717) is 13.1 Å². The Balaban J connectivity index is 1.86. The molecule has 116 valence electrons. The number of hydrogen-bond donors (Lipinski definition) is 0. The molecule has 0 N–H and O–H groups in total. The van der Waals surface area contributed by atoms with Crippen molar-refractivity contribution >= 4 is 15.9 Å². The number of hydrogen-bond acceptors (Lipinski definition) is 5. The van der Waals surface area contributed by atoms with Crippen molar-refractivity contribution in [3.8, 4) is 5.75 Å². The molecule has 1 saturated heterocycles. The molecular formula is C13H19N3O4S. The molecule has 1 fully saturated rings. The van der Waals surface area contributed by atoms with Crippen molar-refractivity contribution in [3.05, 3.63) is 24.5 Å². The lowest BCUT2D eigenvalue weighted by Crippen LogP contribution is -2.40. The molecule has 1 aromatic rings. The molecule has 0 radical (unpaired) electrons. The summed E-state index contributed by atoms with van der Waals surface area (Å²) >= 11 is 0. The molecule has 0 unspecified atom stereocenters. The number of amides is 1. The average Bonchev–Trinajstić information content (AvgIpc) is 2.87. The summed E-state index contributed by atoms with van der Waals surface area (Å²) < 4.78 is 29.4. The summed E-state index contributed by atoms with van der Waals surface area (Å²) in [7, 11) is -1.94. The third-order valence-corrected chi connectivity index (χ3v) is 4.64. The summed E-state index contributed by atoms with van der Waals surface area (Å²) in [5.74, 6) is 0.515. The summed E-state index contributed by atoms with van der Waals surface area (Å²) in [5, 5.41) is 0. The first-order valence-electron chi connectivity index (χ1n) is 6.62. The van der Waals surface area contributed by atoms with Crippen LogP contribution in [0.2, 0.25) is 0 Å². The predicted octanol–water partition coefficient (Wildman–Crippen LogP) is -0.0473. The summed E-state index contributed by atoms with van der Waals surface area (Å²) in [4.78, 5) is 17.6. The van der Waals surface area contributed by atoms with Gasteiger partial charge in [0, 0.05) is 32.4 Å². The summed E-state index contributed by atoms with van der Waals surface area (Å²) in [6.45, 7) is 0.908. The van der Waals surface area contributed by atoms with E-state index in [9.17, 15) is 13.2 Å². The van der Waals surface area contributed by atoms with E-state index in [1.54, 1.807) is 29.4 Å². The van der Waals surface area contributed by atoms with Gasteiger partial charge in [-0.15, -0.1) is 0 Å². The van der Waals surface area contributed by atoms with Crippen LogP contribution in [0.1, 0.15) is 6.42 Å². The van der Waals surface area contributed by atoms with E-state index in [-0.39, 0.29) is 18.6 Å². The van der Waals surface area contributed by atoms with Crippen LogP contribution < -0.4 is 4.74 Å². The van der Waals surface area contributed by atoms with Crippen LogP contribution in [-0.2, 0) is 14.8 Å². The fraction of sp³-hybridized carbons (Fsp3) is 0.538. The van der Waals surface area contributed by atoms with E-state index in [1.165, 1.54) is 7.05 Å². The second-order valence-electron chi connectivity index (χ2n) is 5.07. The maximum Gasteiger partial charge on any atom is 0.238 e. The van der Waals surface area contributed by atoms with Crippen LogP contribution >= 0.6 is 0 Å². The lowest BCUT2D eigenvalue weighted by molar-refractivity contribution is -0.130. The van der Waals surface area contributed by atoms with Crippen LogP contribution in [0.15, 0.2) is 24.5 Å². The predicted molar refractivity (Wildman–Crippen MR) is 77.3 cm³/mol. The van der Waals surface area contributed by atoms with Crippen molar-refractivity contribution in [1.29, 1.82) is 0 Å². The quantitative estimate of drug-likeness (QED) is 0.761. The van der Waals surface area contributed by atoms with Crippen LogP contribution in [0.25, 0.3) is 0 Å². The monoisotopic (exact) mass is 313 g/mol. The third-order valence-electron chi connectivity index (χ3n) is 3.37. The largest absolute Gasteiger partial charge is 0.488 e. The van der Waals surface area contributed by atoms with Gasteiger partial charge in [-0.05, 0) is 12.1 Å². The number of nitrogens with zero attached hydrogens (tertiary/aromatic N) is 3. The van der Waals surface area contributed by atoms with Crippen LogP contribution in [-0.4, -0.2) is 67.6 Å². The molecule has 2 rings (SSSR count). The second-order valence-corrected chi connectivity index (χ2v) is 7.16. The van der Waals surface area contributed by atoms with Gasteiger partial charge in [-0.2, -0.15) is 4.31 Å². The average molecular weight is 313 g/mol. The number of aromatic nitrogens is 1. The third kappa shape index (κ3) is 4.40. The van der Waals surface area contributed by atoms with E-state index < -0.39 is 10.0 Å². The maximum absolute atomic E-state index is 12.1. The standard InChI is InChI=1S/C13H19N3O4S/c1-15(21(2,18)19)10-13(17)16-8-5-12(9-16)20-11-3-6-14-7-4-11/h3-4,6-7,12H,5,8-10H2,1-2H3/t12-/m1/s1. The van der Waals surface area contributed by atoms with Crippen molar-refractivity contribution in [2.75, 3.05) is 32.9 Å². The van der Waals surface area contributed by atoms with E-state index in [1.807, 2.05) is 0 Å². The molecular weight excluding hydrogens is 294 g/mol. The Bertz CT molecular complexity index is 591. The number of rotatable bonds is 5.